The largest absolute Gasteiger partial charge is 0.417 e. The lowest BCUT2D eigenvalue weighted by atomic mass is 10.1. The molecule has 2 atom stereocenters. The molecule has 0 aliphatic carbocycles. The van der Waals surface area contributed by atoms with Gasteiger partial charge in [0.15, 0.2) is 0 Å². The summed E-state index contributed by atoms with van der Waals surface area (Å²) in [5.74, 6) is 0. The molecule has 1 aromatic heterocycles. The Bertz CT molecular complexity index is 1150. The Kier molecular flexibility index (Phi) is 7.20. The van der Waals surface area contributed by atoms with Gasteiger partial charge < -0.3 is 14.4 Å². The summed E-state index contributed by atoms with van der Waals surface area (Å²) >= 11 is 0. The number of sulfonamides is 1. The Morgan fingerprint density at radius 1 is 1.27 bits per heavy atom. The van der Waals surface area contributed by atoms with Crippen LogP contribution in [0.3, 0.4) is 0 Å². The van der Waals surface area contributed by atoms with Crippen LogP contribution in [0.1, 0.15) is 39.2 Å². The summed E-state index contributed by atoms with van der Waals surface area (Å²) in [5, 5.41) is -0.864. The number of fused-ring (bicyclic) bond motifs is 1. The van der Waals surface area contributed by atoms with E-state index in [1.165, 1.54) is 6.92 Å². The first-order valence-corrected chi connectivity index (χ1v) is 12.1. The predicted molar refractivity (Wildman–Crippen MR) is 105 cm³/mol. The van der Waals surface area contributed by atoms with E-state index in [0.29, 0.717) is 25.0 Å². The molecule has 168 valence electrons. The number of alkyl halides is 3. The van der Waals surface area contributed by atoms with Crippen molar-refractivity contribution in [3.8, 4) is 0 Å². The van der Waals surface area contributed by atoms with Gasteiger partial charge in [0.05, 0.1) is 16.6 Å². The van der Waals surface area contributed by atoms with Crippen molar-refractivity contribution in [1.82, 2.24) is 9.71 Å². The van der Waals surface area contributed by atoms with Gasteiger partial charge in [-0.05, 0) is 38.0 Å². The van der Waals surface area contributed by atoms with E-state index in [2.05, 4.69) is 9.71 Å². The van der Waals surface area contributed by atoms with Crippen LogP contribution < -0.4 is 15.6 Å². The van der Waals surface area contributed by atoms with E-state index in [0.717, 1.165) is 6.07 Å². The number of benzene rings is 1. The second kappa shape index (κ2) is 8.80. The molecule has 0 radical (unpaired) electrons. The minimum absolute atomic E-state index is 0.0802. The molecule has 8 nitrogen and oxygen atoms in total. The molecule has 0 spiro atoms. The quantitative estimate of drug-likeness (QED) is 0.510. The molecule has 13 heteroatoms. The van der Waals surface area contributed by atoms with Crippen LogP contribution in [0.15, 0.2) is 27.9 Å². The molecule has 0 bridgehead atoms. The minimum Gasteiger partial charge on any atom is -0.321 e. The second-order valence-electron chi connectivity index (χ2n) is 6.66. The number of nitrogens with one attached hydrogen (secondary N) is 2. The summed E-state index contributed by atoms with van der Waals surface area (Å²) in [5.41, 5.74) is -2.91. The van der Waals surface area contributed by atoms with Gasteiger partial charge in [0, 0.05) is 17.4 Å². The van der Waals surface area contributed by atoms with Crippen LogP contribution in [0.4, 0.5) is 13.2 Å². The highest BCUT2D eigenvalue weighted by atomic mass is 32.2. The molecule has 2 unspecified atom stereocenters. The van der Waals surface area contributed by atoms with Crippen molar-refractivity contribution < 1.29 is 35.6 Å². The fraction of sp³-hybridized carbons (Fsp3) is 0.471. The molecule has 0 fully saturated rings. The highest BCUT2D eigenvalue weighted by Gasteiger charge is 2.38. The van der Waals surface area contributed by atoms with E-state index < -0.39 is 51.2 Å². The monoisotopic (exact) mass is 470 g/mol. The number of rotatable bonds is 8. The van der Waals surface area contributed by atoms with Crippen molar-refractivity contribution >= 4 is 33.8 Å². The van der Waals surface area contributed by atoms with Gasteiger partial charge in [-0.15, -0.1) is 0 Å². The van der Waals surface area contributed by atoms with Crippen LogP contribution in [0.2, 0.25) is 0 Å². The predicted octanol–water partition coefficient (Wildman–Crippen LogP) is 2.86. The van der Waals surface area contributed by atoms with Crippen molar-refractivity contribution in [2.45, 2.75) is 50.8 Å². The zero-order chi connectivity index (χ0) is 22.9. The molecular formula is C17H22F3N2O6PS. The Morgan fingerprint density at radius 3 is 2.43 bits per heavy atom. The summed E-state index contributed by atoms with van der Waals surface area (Å²) < 4.78 is 84.9. The smallest absolute Gasteiger partial charge is 0.321 e. The van der Waals surface area contributed by atoms with E-state index in [1.807, 2.05) is 0 Å². The van der Waals surface area contributed by atoms with Crippen molar-refractivity contribution in [1.29, 1.82) is 0 Å². The molecule has 0 aliphatic heterocycles. The van der Waals surface area contributed by atoms with E-state index in [-0.39, 0.29) is 17.4 Å². The molecule has 3 N–H and O–H groups in total. The number of halogens is 3. The molecule has 2 aromatic rings. The number of H-pyrrole nitrogens is 1. The van der Waals surface area contributed by atoms with Gasteiger partial charge in [0.25, 0.3) is 5.56 Å². The van der Waals surface area contributed by atoms with Crippen LogP contribution in [0.25, 0.3) is 10.9 Å². The number of hydrogen-bond donors (Lipinski definition) is 3. The average molecular weight is 470 g/mol. The summed E-state index contributed by atoms with van der Waals surface area (Å²) in [6.45, 7) is 4.76. The van der Waals surface area contributed by atoms with Crippen molar-refractivity contribution in [3.63, 3.8) is 0 Å². The molecule has 1 aromatic carbocycles. The van der Waals surface area contributed by atoms with E-state index in [4.69, 9.17) is 4.52 Å². The summed E-state index contributed by atoms with van der Waals surface area (Å²) in [6.07, 6.45) is -4.97. The Balaban J connectivity index is 2.78. The molecule has 0 saturated heterocycles. The van der Waals surface area contributed by atoms with Crippen LogP contribution in [-0.2, 0) is 25.3 Å². The van der Waals surface area contributed by atoms with Gasteiger partial charge in [0.1, 0.15) is 5.30 Å². The van der Waals surface area contributed by atoms with E-state index in [9.17, 15) is 35.8 Å². The molecule has 30 heavy (non-hydrogen) atoms. The second-order valence-corrected chi connectivity index (χ2v) is 10.1. The Labute approximate surface area is 171 Å². The maximum atomic E-state index is 13.5. The third kappa shape index (κ3) is 5.30. The molecule has 0 saturated carbocycles. The summed E-state index contributed by atoms with van der Waals surface area (Å²) in [4.78, 5) is 23.5. The number of pyridine rings is 1. The van der Waals surface area contributed by atoms with Gasteiger partial charge in [-0.1, -0.05) is 13.8 Å². The van der Waals surface area contributed by atoms with Crippen LogP contribution in [-0.4, -0.2) is 30.9 Å². The molecular weight excluding hydrogens is 448 g/mol. The Morgan fingerprint density at radius 2 is 1.90 bits per heavy atom. The maximum absolute atomic E-state index is 13.5. The van der Waals surface area contributed by atoms with Crippen molar-refractivity contribution in [2.75, 3.05) is 6.54 Å². The topological polar surface area (TPSA) is 126 Å². The van der Waals surface area contributed by atoms with Crippen LogP contribution >= 0.6 is 7.60 Å². The average Bonchev–Trinajstić information content (AvgIpc) is 2.63. The highest BCUT2D eigenvalue weighted by Crippen LogP contribution is 2.42. The summed E-state index contributed by atoms with van der Waals surface area (Å²) in [7, 11) is -9.14. The lowest BCUT2D eigenvalue weighted by molar-refractivity contribution is -0.139. The highest BCUT2D eigenvalue weighted by molar-refractivity contribution is 7.89. The van der Waals surface area contributed by atoms with Gasteiger partial charge in [-0.3, -0.25) is 9.36 Å². The SMILES string of the molecule is CCCNS(=O)(=O)c1cc2cc(P(=O)(O)OC(C)CC)c(=O)[nH]c2cc1C(F)(F)F. The number of aromatic amines is 1. The summed E-state index contributed by atoms with van der Waals surface area (Å²) in [6, 6.07) is 2.06. The van der Waals surface area contributed by atoms with Gasteiger partial charge in [-0.2, -0.15) is 13.2 Å². The van der Waals surface area contributed by atoms with Gasteiger partial charge in [-0.25, -0.2) is 13.1 Å². The third-order valence-electron chi connectivity index (χ3n) is 4.26. The first kappa shape index (κ1) is 24.5. The standard InChI is InChI=1S/C17H22F3N2O6PS/c1-4-6-21-30(26,27)15-8-11-7-14(29(24,25)28-10(3)5-2)16(23)22-13(11)9-12(15)17(18,19)20/h7-10,21H,4-6H2,1-3H3,(H,22,23)(H,24,25). The fourth-order valence-corrected chi connectivity index (χ4v) is 5.31. The van der Waals surface area contributed by atoms with Gasteiger partial charge in [0.2, 0.25) is 10.0 Å². The Hall–Kier alpha value is -1.72. The lowest BCUT2D eigenvalue weighted by Gasteiger charge is -2.18. The first-order valence-electron chi connectivity index (χ1n) is 9.02. The zero-order valence-electron chi connectivity index (χ0n) is 16.4. The maximum Gasteiger partial charge on any atom is 0.417 e. The van der Waals surface area contributed by atoms with Crippen molar-refractivity contribution in [3.05, 3.63) is 34.1 Å². The van der Waals surface area contributed by atoms with Crippen molar-refractivity contribution in [2.24, 2.45) is 0 Å². The van der Waals surface area contributed by atoms with Crippen LogP contribution in [0.5, 0.6) is 0 Å². The molecule has 1 heterocycles. The molecule has 2 rings (SSSR count). The number of aromatic nitrogens is 1. The first-order chi connectivity index (χ1) is 13.7. The zero-order valence-corrected chi connectivity index (χ0v) is 18.1. The lowest BCUT2D eigenvalue weighted by Crippen LogP contribution is -2.30. The van der Waals surface area contributed by atoms with Gasteiger partial charge >= 0.3 is 13.8 Å². The molecule has 0 amide bonds. The normalized spacial score (nSPS) is 15.8. The fourth-order valence-electron chi connectivity index (χ4n) is 2.57. The number of hydrogen-bond acceptors (Lipinski definition) is 5. The van der Waals surface area contributed by atoms with Crippen LogP contribution in [0, 0.1) is 0 Å². The minimum atomic E-state index is -5.02. The van der Waals surface area contributed by atoms with E-state index >= 15 is 0 Å². The molecule has 0 aliphatic rings. The van der Waals surface area contributed by atoms with E-state index in [1.54, 1.807) is 13.8 Å². The third-order valence-corrected chi connectivity index (χ3v) is 7.35.